The third-order valence-corrected chi connectivity index (χ3v) is 8.57. The summed E-state index contributed by atoms with van der Waals surface area (Å²) in [6.45, 7) is 1.86. The average Bonchev–Trinajstić information content (AvgIpc) is 2.93. The van der Waals surface area contributed by atoms with Gasteiger partial charge in [0, 0.05) is 23.5 Å². The van der Waals surface area contributed by atoms with Gasteiger partial charge in [0.1, 0.15) is 5.82 Å². The van der Waals surface area contributed by atoms with Gasteiger partial charge in [-0.2, -0.15) is 0 Å². The summed E-state index contributed by atoms with van der Waals surface area (Å²) in [4.78, 5) is 21.9. The highest BCUT2D eigenvalue weighted by molar-refractivity contribution is 7.89. The Labute approximate surface area is 221 Å². The number of fused-ring (bicyclic) bond motifs is 1. The largest absolute Gasteiger partial charge is 0.349 e. The zero-order chi connectivity index (χ0) is 26.7. The molecule has 0 unspecified atom stereocenters. The van der Waals surface area contributed by atoms with E-state index in [4.69, 9.17) is 0 Å². The second-order valence-corrected chi connectivity index (χ2v) is 11.4. The molecule has 0 radical (unpaired) electrons. The van der Waals surface area contributed by atoms with Crippen LogP contribution in [-0.2, 0) is 14.8 Å². The van der Waals surface area contributed by atoms with Crippen molar-refractivity contribution >= 4 is 26.8 Å². The number of benzene rings is 2. The fourth-order valence-corrected chi connectivity index (χ4v) is 6.19. The van der Waals surface area contributed by atoms with Gasteiger partial charge in [-0.3, -0.25) is 9.78 Å². The van der Waals surface area contributed by atoms with Crippen molar-refractivity contribution in [3.63, 3.8) is 0 Å². The number of amides is 1. The quantitative estimate of drug-likeness (QED) is 0.343. The summed E-state index contributed by atoms with van der Waals surface area (Å²) in [5, 5.41) is 3.72. The predicted molar refractivity (Wildman–Crippen MR) is 144 cm³/mol. The summed E-state index contributed by atoms with van der Waals surface area (Å²) in [6.07, 6.45) is 4.03. The fraction of sp³-hybridized carbons (Fsp3) is 0.276. The summed E-state index contributed by atoms with van der Waals surface area (Å²) < 4.78 is 42.2. The van der Waals surface area contributed by atoms with E-state index in [-0.39, 0.29) is 34.6 Å². The Balaban J connectivity index is 1.19. The van der Waals surface area contributed by atoms with Crippen molar-refractivity contribution < 1.29 is 17.6 Å². The predicted octanol–water partition coefficient (Wildman–Crippen LogP) is 5.15. The lowest BCUT2D eigenvalue weighted by Gasteiger charge is -2.29. The number of aromatic nitrogens is 2. The Morgan fingerprint density at radius 3 is 2.42 bits per heavy atom. The van der Waals surface area contributed by atoms with E-state index in [1.807, 2.05) is 37.3 Å². The van der Waals surface area contributed by atoms with Crippen molar-refractivity contribution in [2.75, 3.05) is 0 Å². The Morgan fingerprint density at radius 2 is 1.71 bits per heavy atom. The van der Waals surface area contributed by atoms with Gasteiger partial charge in [0.05, 0.1) is 27.8 Å². The first kappa shape index (κ1) is 25.9. The van der Waals surface area contributed by atoms with Crippen molar-refractivity contribution in [2.24, 2.45) is 5.92 Å². The number of sulfonamides is 1. The summed E-state index contributed by atoms with van der Waals surface area (Å²) in [5.41, 5.74) is 3.00. The highest BCUT2D eigenvalue weighted by Gasteiger charge is 2.30. The van der Waals surface area contributed by atoms with Crippen LogP contribution in [0.2, 0.25) is 0 Å². The maximum Gasteiger partial charge on any atom is 0.240 e. The zero-order valence-corrected chi connectivity index (χ0v) is 21.8. The zero-order valence-electron chi connectivity index (χ0n) is 21.0. The lowest BCUT2D eigenvalue weighted by atomic mass is 9.85. The molecule has 2 aromatic heterocycles. The van der Waals surface area contributed by atoms with Crippen LogP contribution in [0.1, 0.15) is 44.2 Å². The van der Waals surface area contributed by atoms with Crippen LogP contribution in [0.3, 0.4) is 0 Å². The van der Waals surface area contributed by atoms with Crippen LogP contribution in [0.25, 0.3) is 22.3 Å². The summed E-state index contributed by atoms with van der Waals surface area (Å²) in [7, 11) is -3.73. The molecule has 1 saturated carbocycles. The first-order valence-corrected chi connectivity index (χ1v) is 14.2. The van der Waals surface area contributed by atoms with E-state index in [0.29, 0.717) is 31.2 Å². The van der Waals surface area contributed by atoms with Crippen molar-refractivity contribution in [2.45, 2.75) is 49.6 Å². The standard InChI is InChI=1S/C29H29FN4O3S/c1-19(20-5-10-23(30)11-6-20)32-29(35)21-7-12-24(13-8-21)34-38(36,37)25-14-16-26-22(18-25)9-15-28(33-26)27-4-2-3-17-31-27/h2-6,9-11,14-19,21,24,34H,7-8,12-13H2,1H3,(H,32,35)/t19-,21-,24-/m1/s1. The number of hydrogen-bond donors (Lipinski definition) is 2. The van der Waals surface area contributed by atoms with Gasteiger partial charge in [-0.25, -0.2) is 22.5 Å². The minimum Gasteiger partial charge on any atom is -0.349 e. The summed E-state index contributed by atoms with van der Waals surface area (Å²) >= 11 is 0. The number of nitrogens with one attached hydrogen (secondary N) is 2. The third-order valence-electron chi connectivity index (χ3n) is 7.05. The number of rotatable bonds is 7. The maximum atomic E-state index is 13.2. The molecule has 0 bridgehead atoms. The molecule has 5 rings (SSSR count). The number of nitrogens with zero attached hydrogens (tertiary/aromatic N) is 2. The molecule has 1 fully saturated rings. The van der Waals surface area contributed by atoms with Crippen molar-refractivity contribution in [3.8, 4) is 11.4 Å². The van der Waals surface area contributed by atoms with E-state index in [9.17, 15) is 17.6 Å². The monoisotopic (exact) mass is 532 g/mol. The van der Waals surface area contributed by atoms with Gasteiger partial charge in [0.15, 0.2) is 0 Å². The molecule has 1 atom stereocenters. The Hall–Kier alpha value is -3.69. The molecular weight excluding hydrogens is 503 g/mol. The molecule has 2 heterocycles. The van der Waals surface area contributed by atoms with Crippen LogP contribution in [0.4, 0.5) is 4.39 Å². The number of hydrogen-bond acceptors (Lipinski definition) is 5. The highest BCUT2D eigenvalue weighted by Crippen LogP contribution is 2.28. The molecule has 196 valence electrons. The fourth-order valence-electron chi connectivity index (χ4n) is 4.85. The normalized spacial score (nSPS) is 18.7. The van der Waals surface area contributed by atoms with Crippen LogP contribution in [-0.4, -0.2) is 30.3 Å². The van der Waals surface area contributed by atoms with E-state index >= 15 is 0 Å². The molecule has 0 spiro atoms. The lowest BCUT2D eigenvalue weighted by Crippen LogP contribution is -2.41. The van der Waals surface area contributed by atoms with Crippen LogP contribution in [0, 0.1) is 11.7 Å². The molecule has 1 aliphatic carbocycles. The number of carbonyl (C=O) groups is 1. The molecule has 2 aromatic carbocycles. The molecular formula is C29H29FN4O3S. The van der Waals surface area contributed by atoms with E-state index in [1.54, 1.807) is 36.5 Å². The first-order chi connectivity index (χ1) is 18.3. The molecule has 1 amide bonds. The first-order valence-electron chi connectivity index (χ1n) is 12.7. The summed E-state index contributed by atoms with van der Waals surface area (Å²) in [5.74, 6) is -0.558. The van der Waals surface area contributed by atoms with Crippen molar-refractivity contribution in [1.82, 2.24) is 20.0 Å². The summed E-state index contributed by atoms with van der Waals surface area (Å²) in [6, 6.07) is 19.8. The number of carbonyl (C=O) groups excluding carboxylic acids is 1. The molecule has 2 N–H and O–H groups in total. The Kier molecular flexibility index (Phi) is 7.49. The van der Waals surface area contributed by atoms with E-state index in [1.165, 1.54) is 12.1 Å². The minimum atomic E-state index is -3.73. The third kappa shape index (κ3) is 5.89. The SMILES string of the molecule is C[C@@H](NC(=O)[C@H]1CC[C@H](NS(=O)(=O)c2ccc3nc(-c4ccccn4)ccc3c2)CC1)c1ccc(F)cc1. The molecule has 0 aliphatic heterocycles. The van der Waals surface area contributed by atoms with Crippen LogP contribution in [0.5, 0.6) is 0 Å². The molecule has 7 nitrogen and oxygen atoms in total. The molecule has 0 saturated heterocycles. The van der Waals surface area contributed by atoms with Crippen molar-refractivity contribution in [3.05, 3.63) is 90.4 Å². The Morgan fingerprint density at radius 1 is 0.947 bits per heavy atom. The smallest absolute Gasteiger partial charge is 0.240 e. The van der Waals surface area contributed by atoms with Gasteiger partial charge in [-0.05, 0) is 86.7 Å². The van der Waals surface area contributed by atoms with Crippen molar-refractivity contribution in [1.29, 1.82) is 0 Å². The molecule has 4 aromatic rings. The number of halogens is 1. The molecule has 9 heteroatoms. The molecule has 38 heavy (non-hydrogen) atoms. The van der Waals surface area contributed by atoms with Gasteiger partial charge < -0.3 is 5.32 Å². The minimum absolute atomic E-state index is 0.0600. The Bertz CT molecular complexity index is 1540. The lowest BCUT2D eigenvalue weighted by molar-refractivity contribution is -0.126. The second-order valence-electron chi connectivity index (χ2n) is 9.72. The number of pyridine rings is 2. The van der Waals surface area contributed by atoms with Gasteiger partial charge in [-0.15, -0.1) is 0 Å². The van der Waals surface area contributed by atoms with E-state index < -0.39 is 10.0 Å². The average molecular weight is 533 g/mol. The highest BCUT2D eigenvalue weighted by atomic mass is 32.2. The van der Waals surface area contributed by atoms with Crippen LogP contribution >= 0.6 is 0 Å². The van der Waals surface area contributed by atoms with Gasteiger partial charge >= 0.3 is 0 Å². The van der Waals surface area contributed by atoms with Gasteiger partial charge in [0.2, 0.25) is 15.9 Å². The van der Waals surface area contributed by atoms with E-state index in [0.717, 1.165) is 22.3 Å². The van der Waals surface area contributed by atoms with Gasteiger partial charge in [-0.1, -0.05) is 24.3 Å². The van der Waals surface area contributed by atoms with Gasteiger partial charge in [0.25, 0.3) is 0 Å². The van der Waals surface area contributed by atoms with Crippen LogP contribution in [0.15, 0.2) is 83.9 Å². The van der Waals surface area contributed by atoms with E-state index in [2.05, 4.69) is 20.0 Å². The second kappa shape index (κ2) is 11.0. The topological polar surface area (TPSA) is 101 Å². The van der Waals surface area contributed by atoms with Crippen LogP contribution < -0.4 is 10.0 Å². The molecule has 1 aliphatic rings. The maximum absolute atomic E-state index is 13.2.